The predicted molar refractivity (Wildman–Crippen MR) is 43.8 cm³/mol. The maximum Gasteiger partial charge on any atom is 0.307 e. The minimum atomic E-state index is -1.00. The van der Waals surface area contributed by atoms with Crippen molar-refractivity contribution < 1.29 is 19.4 Å². The minimum Gasteiger partial charge on any atom is -0.469 e. The Hall–Kier alpha value is -1.10. The van der Waals surface area contributed by atoms with Gasteiger partial charge in [-0.3, -0.25) is 9.59 Å². The van der Waals surface area contributed by atoms with Crippen molar-refractivity contribution in [3.63, 3.8) is 0 Å². The van der Waals surface area contributed by atoms with Gasteiger partial charge in [0.05, 0.1) is 19.1 Å². The van der Waals surface area contributed by atoms with Gasteiger partial charge in [-0.2, -0.15) is 0 Å². The van der Waals surface area contributed by atoms with Gasteiger partial charge in [-0.1, -0.05) is 0 Å². The highest BCUT2D eigenvalue weighted by Crippen LogP contribution is 2.23. The van der Waals surface area contributed by atoms with E-state index in [0.29, 0.717) is 0 Å². The normalized spacial score (nSPS) is 32.8. The molecule has 0 aromatic carbocycles. The Morgan fingerprint density at radius 3 is 2.85 bits per heavy atom. The van der Waals surface area contributed by atoms with Gasteiger partial charge in [0, 0.05) is 6.42 Å². The Morgan fingerprint density at radius 2 is 2.46 bits per heavy atom. The molecule has 2 atom stereocenters. The number of hydrogen-bond acceptors (Lipinski definition) is 4. The van der Waals surface area contributed by atoms with Crippen molar-refractivity contribution in [2.75, 3.05) is 7.11 Å². The summed E-state index contributed by atoms with van der Waals surface area (Å²) in [7, 11) is 1.29. The average molecular weight is 187 g/mol. The highest BCUT2D eigenvalue weighted by Gasteiger charge is 2.41. The molecular weight excluding hydrogens is 174 g/mol. The number of aliphatic hydroxyl groups is 1. The fraction of sp³-hybridized carbons (Fsp3) is 0.750. The molecule has 74 valence electrons. The zero-order chi connectivity index (χ0) is 10.1. The second-order valence-corrected chi connectivity index (χ2v) is 3.52. The summed E-state index contributed by atoms with van der Waals surface area (Å²) < 4.78 is 4.48. The molecule has 5 heteroatoms. The Balaban J connectivity index is 2.59. The predicted octanol–water partition coefficient (Wildman–Crippen LogP) is -0.811. The smallest absolute Gasteiger partial charge is 0.307 e. The van der Waals surface area contributed by atoms with Crippen LogP contribution in [0.1, 0.15) is 19.8 Å². The van der Waals surface area contributed by atoms with Crippen molar-refractivity contribution in [1.82, 2.24) is 5.32 Å². The van der Waals surface area contributed by atoms with E-state index in [1.54, 1.807) is 6.92 Å². The lowest BCUT2D eigenvalue weighted by Crippen LogP contribution is -2.40. The third kappa shape index (κ3) is 2.18. The van der Waals surface area contributed by atoms with Crippen LogP contribution in [0.25, 0.3) is 0 Å². The fourth-order valence-corrected chi connectivity index (χ4v) is 1.46. The zero-order valence-electron chi connectivity index (χ0n) is 7.66. The monoisotopic (exact) mass is 187 g/mol. The zero-order valence-corrected chi connectivity index (χ0v) is 7.66. The number of rotatable bonds is 2. The first-order valence-corrected chi connectivity index (χ1v) is 4.04. The lowest BCUT2D eigenvalue weighted by Gasteiger charge is -2.21. The molecule has 1 aliphatic heterocycles. The van der Waals surface area contributed by atoms with Gasteiger partial charge in [-0.05, 0) is 6.92 Å². The average Bonchev–Trinajstić information content (AvgIpc) is 2.25. The van der Waals surface area contributed by atoms with Crippen LogP contribution in [0.4, 0.5) is 0 Å². The van der Waals surface area contributed by atoms with E-state index in [2.05, 4.69) is 10.1 Å². The lowest BCUT2D eigenvalue weighted by molar-refractivity contribution is -0.142. The number of amides is 1. The fourth-order valence-electron chi connectivity index (χ4n) is 1.46. The number of carbonyl (C=O) groups excluding carboxylic acids is 2. The number of methoxy groups -OCH3 is 1. The first-order chi connectivity index (χ1) is 5.97. The highest BCUT2D eigenvalue weighted by atomic mass is 16.5. The van der Waals surface area contributed by atoms with E-state index < -0.39 is 23.5 Å². The summed E-state index contributed by atoms with van der Waals surface area (Å²) >= 11 is 0. The molecule has 1 rings (SSSR count). The lowest BCUT2D eigenvalue weighted by atomic mass is 9.95. The maximum absolute atomic E-state index is 10.9. The van der Waals surface area contributed by atoms with E-state index in [-0.39, 0.29) is 12.8 Å². The molecule has 5 nitrogen and oxygen atoms in total. The molecule has 0 aliphatic carbocycles. The first-order valence-electron chi connectivity index (χ1n) is 4.04. The Kier molecular flexibility index (Phi) is 2.56. The molecule has 2 N–H and O–H groups in total. The number of esters is 1. The van der Waals surface area contributed by atoms with Crippen LogP contribution in [-0.4, -0.2) is 35.7 Å². The van der Waals surface area contributed by atoms with Crippen LogP contribution in [0.5, 0.6) is 0 Å². The molecule has 0 unspecified atom stereocenters. The SMILES string of the molecule is COC(=O)C[C@]1(C)C[C@H](O)C(=O)N1. The Bertz CT molecular complexity index is 240. The summed E-state index contributed by atoms with van der Waals surface area (Å²) in [5.41, 5.74) is -0.663. The van der Waals surface area contributed by atoms with E-state index in [1.165, 1.54) is 7.11 Å². The van der Waals surface area contributed by atoms with Crippen molar-refractivity contribution in [1.29, 1.82) is 0 Å². The molecular formula is C8H13NO4. The van der Waals surface area contributed by atoms with Gasteiger partial charge in [-0.25, -0.2) is 0 Å². The molecule has 1 heterocycles. The molecule has 0 bridgehead atoms. The van der Waals surface area contributed by atoms with Gasteiger partial charge < -0.3 is 15.2 Å². The minimum absolute atomic E-state index is 0.0896. The Morgan fingerprint density at radius 1 is 1.85 bits per heavy atom. The van der Waals surface area contributed by atoms with Gasteiger partial charge in [0.15, 0.2) is 0 Å². The second-order valence-electron chi connectivity index (χ2n) is 3.52. The van der Waals surface area contributed by atoms with Crippen LogP contribution in [-0.2, 0) is 14.3 Å². The summed E-state index contributed by atoms with van der Waals surface area (Å²) in [6.07, 6.45) is -0.664. The molecule has 0 aromatic heterocycles. The van der Waals surface area contributed by atoms with Gasteiger partial charge in [0.1, 0.15) is 6.10 Å². The summed E-state index contributed by atoms with van der Waals surface area (Å²) in [5, 5.41) is 11.7. The van der Waals surface area contributed by atoms with Crippen molar-refractivity contribution in [3.05, 3.63) is 0 Å². The molecule has 0 saturated carbocycles. The quantitative estimate of drug-likeness (QED) is 0.554. The van der Waals surface area contributed by atoms with E-state index in [1.807, 2.05) is 0 Å². The van der Waals surface area contributed by atoms with Gasteiger partial charge in [0.25, 0.3) is 0 Å². The summed E-state index contributed by atoms with van der Waals surface area (Å²) in [4.78, 5) is 21.9. The molecule has 1 fully saturated rings. The van der Waals surface area contributed by atoms with Crippen LogP contribution < -0.4 is 5.32 Å². The number of hydrogen-bond donors (Lipinski definition) is 2. The molecule has 1 saturated heterocycles. The Labute approximate surface area is 76.1 Å². The third-order valence-electron chi connectivity index (χ3n) is 2.13. The van der Waals surface area contributed by atoms with Gasteiger partial charge >= 0.3 is 5.97 Å². The summed E-state index contributed by atoms with van der Waals surface area (Å²) in [6.45, 7) is 1.71. The second kappa shape index (κ2) is 3.33. The van der Waals surface area contributed by atoms with Crippen LogP contribution >= 0.6 is 0 Å². The number of ether oxygens (including phenoxy) is 1. The standard InChI is InChI=1S/C8H13NO4/c1-8(4-6(11)13-2)3-5(10)7(12)9-8/h5,10H,3-4H2,1-2H3,(H,9,12)/t5-,8-/m0/s1. The molecule has 0 radical (unpaired) electrons. The molecule has 1 aliphatic rings. The van der Waals surface area contributed by atoms with Crippen molar-refractivity contribution in [3.8, 4) is 0 Å². The molecule has 1 amide bonds. The topological polar surface area (TPSA) is 75.6 Å². The highest BCUT2D eigenvalue weighted by molar-refractivity contribution is 5.85. The van der Waals surface area contributed by atoms with Gasteiger partial charge in [0.2, 0.25) is 5.91 Å². The van der Waals surface area contributed by atoms with Crippen molar-refractivity contribution in [2.24, 2.45) is 0 Å². The number of aliphatic hydroxyl groups excluding tert-OH is 1. The molecule has 0 spiro atoms. The van der Waals surface area contributed by atoms with E-state index >= 15 is 0 Å². The summed E-state index contributed by atoms with van der Waals surface area (Å²) in [5.74, 6) is -0.816. The van der Waals surface area contributed by atoms with Crippen LogP contribution in [0.15, 0.2) is 0 Å². The van der Waals surface area contributed by atoms with E-state index in [0.717, 1.165) is 0 Å². The van der Waals surface area contributed by atoms with E-state index in [4.69, 9.17) is 5.11 Å². The maximum atomic E-state index is 10.9. The molecule has 0 aromatic rings. The van der Waals surface area contributed by atoms with E-state index in [9.17, 15) is 9.59 Å². The number of carbonyl (C=O) groups is 2. The largest absolute Gasteiger partial charge is 0.469 e. The first kappa shape index (κ1) is 9.98. The van der Waals surface area contributed by atoms with Crippen LogP contribution in [0.2, 0.25) is 0 Å². The van der Waals surface area contributed by atoms with Crippen LogP contribution in [0, 0.1) is 0 Å². The van der Waals surface area contributed by atoms with Crippen molar-refractivity contribution >= 4 is 11.9 Å². The van der Waals surface area contributed by atoms with Gasteiger partial charge in [-0.15, -0.1) is 0 Å². The molecule has 13 heavy (non-hydrogen) atoms. The number of nitrogens with one attached hydrogen (secondary N) is 1. The van der Waals surface area contributed by atoms with Crippen LogP contribution in [0.3, 0.4) is 0 Å². The third-order valence-corrected chi connectivity index (χ3v) is 2.13. The summed E-state index contributed by atoms with van der Waals surface area (Å²) in [6, 6.07) is 0. The van der Waals surface area contributed by atoms with Crippen molar-refractivity contribution in [2.45, 2.75) is 31.4 Å².